The molecule has 1 saturated heterocycles. The van der Waals surface area contributed by atoms with Gasteiger partial charge in [0.05, 0.1) is 22.9 Å². The molecule has 0 unspecified atom stereocenters. The van der Waals surface area contributed by atoms with Crippen molar-refractivity contribution in [2.75, 3.05) is 26.7 Å². The van der Waals surface area contributed by atoms with Crippen LogP contribution in [0, 0.1) is 12.8 Å². The number of hydrogen-bond acceptors (Lipinski definition) is 5. The van der Waals surface area contributed by atoms with Crippen LogP contribution in [0.2, 0.25) is 0 Å². The van der Waals surface area contributed by atoms with Crippen LogP contribution in [0.1, 0.15) is 29.2 Å². The lowest BCUT2D eigenvalue weighted by molar-refractivity contribution is 0.176. The van der Waals surface area contributed by atoms with E-state index in [1.807, 2.05) is 31.0 Å². The van der Waals surface area contributed by atoms with Crippen molar-refractivity contribution in [3.63, 3.8) is 0 Å². The van der Waals surface area contributed by atoms with E-state index in [1.54, 1.807) is 11.3 Å². The maximum atomic E-state index is 4.58. The predicted molar refractivity (Wildman–Crippen MR) is 122 cm³/mol. The number of hydrogen-bond donors (Lipinski definition) is 2. The van der Waals surface area contributed by atoms with Gasteiger partial charge in [0.2, 0.25) is 0 Å². The number of aryl methyl sites for hydroxylation is 2. The topological polar surface area (TPSA) is 70.4 Å². The van der Waals surface area contributed by atoms with Crippen LogP contribution in [0.15, 0.2) is 22.6 Å². The van der Waals surface area contributed by atoms with Crippen molar-refractivity contribution < 1.29 is 0 Å². The van der Waals surface area contributed by atoms with Gasteiger partial charge >= 0.3 is 0 Å². The number of thiazole rings is 1. The fourth-order valence-corrected chi connectivity index (χ4v) is 3.87. The van der Waals surface area contributed by atoms with Crippen molar-refractivity contribution in [2.24, 2.45) is 18.0 Å². The van der Waals surface area contributed by atoms with Crippen molar-refractivity contribution in [1.29, 1.82) is 0 Å². The summed E-state index contributed by atoms with van der Waals surface area (Å²) in [6.07, 6.45) is 4.25. The van der Waals surface area contributed by atoms with E-state index in [9.17, 15) is 0 Å². The molecule has 7 nitrogen and oxygen atoms in total. The molecule has 0 bridgehead atoms. The highest BCUT2D eigenvalue weighted by Crippen LogP contribution is 2.19. The van der Waals surface area contributed by atoms with Gasteiger partial charge in [-0.25, -0.2) is 4.98 Å². The van der Waals surface area contributed by atoms with Crippen molar-refractivity contribution >= 4 is 41.3 Å². The zero-order chi connectivity index (χ0) is 18.4. The molecule has 2 N–H and O–H groups in total. The number of halogens is 1. The molecule has 0 saturated carbocycles. The summed E-state index contributed by atoms with van der Waals surface area (Å²) in [5.41, 5.74) is 2.35. The van der Waals surface area contributed by atoms with Crippen LogP contribution >= 0.6 is 35.3 Å². The first-order valence-corrected chi connectivity index (χ1v) is 10.1. The molecule has 9 heteroatoms. The number of rotatable bonds is 6. The van der Waals surface area contributed by atoms with E-state index < -0.39 is 0 Å². The highest BCUT2D eigenvalue weighted by molar-refractivity contribution is 14.0. The highest BCUT2D eigenvalue weighted by Gasteiger charge is 2.20. The third kappa shape index (κ3) is 6.72. The average Bonchev–Trinajstić information content (AvgIpc) is 3.24. The van der Waals surface area contributed by atoms with E-state index in [0.29, 0.717) is 5.92 Å². The van der Waals surface area contributed by atoms with Gasteiger partial charge in [0, 0.05) is 38.8 Å². The molecular formula is C18H30IN7S. The monoisotopic (exact) mass is 503 g/mol. The molecule has 0 radical (unpaired) electrons. The SMILES string of the molecule is CN=C(NCc1ccnn1C)NCC1CCN(Cc2csc(C)n2)CC1.I. The Balaban J connectivity index is 0.00000261. The molecule has 0 amide bonds. The summed E-state index contributed by atoms with van der Waals surface area (Å²) in [7, 11) is 3.77. The third-order valence-corrected chi connectivity index (χ3v) is 5.72. The van der Waals surface area contributed by atoms with E-state index in [0.717, 1.165) is 49.4 Å². The molecule has 0 aromatic carbocycles. The lowest BCUT2D eigenvalue weighted by Gasteiger charge is -2.31. The first-order chi connectivity index (χ1) is 12.6. The molecule has 1 aliphatic heterocycles. The van der Waals surface area contributed by atoms with Gasteiger partial charge in [-0.1, -0.05) is 0 Å². The Kier molecular flexibility index (Phi) is 8.97. The lowest BCUT2D eigenvalue weighted by Crippen LogP contribution is -2.42. The standard InChI is InChI=1S/C18H29N7S.HI/c1-14-23-16(13-26-14)12-25-8-5-15(6-9-25)10-20-18(19-2)21-11-17-4-7-22-24(17)3;/h4,7,13,15H,5-6,8-12H2,1-3H3,(H2,19,20,21);1H. The number of piperidine rings is 1. The minimum absolute atomic E-state index is 0. The van der Waals surface area contributed by atoms with Gasteiger partial charge in [0.25, 0.3) is 0 Å². The van der Waals surface area contributed by atoms with Gasteiger partial charge in [0.1, 0.15) is 0 Å². The summed E-state index contributed by atoms with van der Waals surface area (Å²) >= 11 is 1.74. The molecule has 3 heterocycles. The Labute approximate surface area is 182 Å². The van der Waals surface area contributed by atoms with Gasteiger partial charge in [-0.2, -0.15) is 5.10 Å². The second-order valence-electron chi connectivity index (χ2n) is 6.83. The molecule has 0 aliphatic carbocycles. The first kappa shape index (κ1) is 22.1. The largest absolute Gasteiger partial charge is 0.356 e. The van der Waals surface area contributed by atoms with Crippen LogP contribution in [-0.4, -0.2) is 52.3 Å². The Morgan fingerprint density at radius 3 is 2.70 bits per heavy atom. The first-order valence-electron chi connectivity index (χ1n) is 9.19. The summed E-state index contributed by atoms with van der Waals surface area (Å²) < 4.78 is 1.87. The smallest absolute Gasteiger partial charge is 0.191 e. The van der Waals surface area contributed by atoms with Crippen LogP contribution in [0.3, 0.4) is 0 Å². The third-order valence-electron chi connectivity index (χ3n) is 4.90. The molecule has 27 heavy (non-hydrogen) atoms. The number of nitrogens with one attached hydrogen (secondary N) is 2. The van der Waals surface area contributed by atoms with Crippen molar-refractivity contribution in [3.05, 3.63) is 34.0 Å². The van der Waals surface area contributed by atoms with E-state index >= 15 is 0 Å². The highest BCUT2D eigenvalue weighted by atomic mass is 127. The molecule has 3 rings (SSSR count). The molecule has 0 spiro atoms. The summed E-state index contributed by atoms with van der Waals surface area (Å²) in [5, 5.41) is 14.3. The molecular weight excluding hydrogens is 473 g/mol. The van der Waals surface area contributed by atoms with Gasteiger partial charge in [-0.3, -0.25) is 14.6 Å². The van der Waals surface area contributed by atoms with Crippen molar-refractivity contribution in [2.45, 2.75) is 32.9 Å². The summed E-state index contributed by atoms with van der Waals surface area (Å²) in [6.45, 7) is 7.03. The van der Waals surface area contributed by atoms with Gasteiger partial charge in [0.15, 0.2) is 5.96 Å². The number of nitrogens with zero attached hydrogens (tertiary/aromatic N) is 5. The van der Waals surface area contributed by atoms with Crippen molar-refractivity contribution in [1.82, 2.24) is 30.3 Å². The Hall–Kier alpha value is -1.20. The van der Waals surface area contributed by atoms with Gasteiger partial charge in [-0.15, -0.1) is 35.3 Å². The number of aliphatic imine (C=N–C) groups is 1. The fourth-order valence-electron chi connectivity index (χ4n) is 3.27. The molecule has 150 valence electrons. The summed E-state index contributed by atoms with van der Waals surface area (Å²) in [4.78, 5) is 11.4. The normalized spacial score (nSPS) is 16.2. The predicted octanol–water partition coefficient (Wildman–Crippen LogP) is 2.38. The quantitative estimate of drug-likeness (QED) is 0.360. The van der Waals surface area contributed by atoms with E-state index in [4.69, 9.17) is 0 Å². The second kappa shape index (κ2) is 11.0. The Bertz CT molecular complexity index is 719. The van der Waals surface area contributed by atoms with Crippen LogP contribution < -0.4 is 10.6 Å². The Morgan fingerprint density at radius 2 is 2.11 bits per heavy atom. The Morgan fingerprint density at radius 1 is 1.33 bits per heavy atom. The van der Waals surface area contributed by atoms with Gasteiger partial charge < -0.3 is 10.6 Å². The van der Waals surface area contributed by atoms with E-state index in [1.165, 1.54) is 18.5 Å². The zero-order valence-corrected chi connectivity index (χ0v) is 19.5. The van der Waals surface area contributed by atoms with E-state index in [-0.39, 0.29) is 24.0 Å². The fraction of sp³-hybridized carbons (Fsp3) is 0.611. The zero-order valence-electron chi connectivity index (χ0n) is 16.3. The van der Waals surface area contributed by atoms with Crippen LogP contribution in [0.25, 0.3) is 0 Å². The number of likely N-dealkylation sites (tertiary alicyclic amines) is 1. The minimum Gasteiger partial charge on any atom is -0.356 e. The molecule has 0 atom stereocenters. The van der Waals surface area contributed by atoms with Gasteiger partial charge in [-0.05, 0) is 44.8 Å². The lowest BCUT2D eigenvalue weighted by atomic mass is 9.97. The second-order valence-corrected chi connectivity index (χ2v) is 7.89. The average molecular weight is 503 g/mol. The molecule has 1 aliphatic rings. The number of guanidine groups is 1. The minimum atomic E-state index is 0. The maximum Gasteiger partial charge on any atom is 0.191 e. The maximum absolute atomic E-state index is 4.58. The molecule has 2 aromatic rings. The van der Waals surface area contributed by atoms with Crippen LogP contribution in [0.4, 0.5) is 0 Å². The molecule has 1 fully saturated rings. The van der Waals surface area contributed by atoms with Crippen LogP contribution in [0.5, 0.6) is 0 Å². The van der Waals surface area contributed by atoms with Crippen LogP contribution in [-0.2, 0) is 20.1 Å². The number of aromatic nitrogens is 3. The summed E-state index contributed by atoms with van der Waals surface area (Å²) in [5.74, 6) is 1.55. The molecule has 2 aromatic heterocycles. The summed E-state index contributed by atoms with van der Waals surface area (Å²) in [6, 6.07) is 2.01. The van der Waals surface area contributed by atoms with Crippen molar-refractivity contribution in [3.8, 4) is 0 Å². The van der Waals surface area contributed by atoms with E-state index in [2.05, 4.69) is 42.9 Å².